The summed E-state index contributed by atoms with van der Waals surface area (Å²) in [6.07, 6.45) is -0.224. The van der Waals surface area contributed by atoms with Gasteiger partial charge in [0.05, 0.1) is 0 Å². The third kappa shape index (κ3) is 7.68. The molecule has 0 saturated carbocycles. The van der Waals surface area contributed by atoms with Gasteiger partial charge in [-0.2, -0.15) is 0 Å². The molecule has 4 N–H and O–H groups in total. The zero-order valence-corrected chi connectivity index (χ0v) is 8.24. The minimum absolute atomic E-state index is 0. The van der Waals surface area contributed by atoms with Crippen molar-refractivity contribution < 1.29 is 46.0 Å². The molecule has 0 saturated heterocycles. The molecule has 0 heterocycles. The first-order valence-corrected chi connectivity index (χ1v) is 2.74. The minimum atomic E-state index is -1.17. The molecule has 0 aromatic carbocycles. The van der Waals surface area contributed by atoms with Gasteiger partial charge in [-0.3, -0.25) is 9.59 Å². The summed E-state index contributed by atoms with van der Waals surface area (Å²) in [5.41, 5.74) is 5.00. The summed E-state index contributed by atoms with van der Waals surface area (Å²) in [4.78, 5) is 19.9. The van der Waals surface area contributed by atoms with Crippen LogP contribution in [-0.2, 0) is 35.8 Å². The van der Waals surface area contributed by atoms with Crippen molar-refractivity contribution in [3.63, 3.8) is 0 Å². The normalized spacial score (nSPS) is 11.4. The zero-order chi connectivity index (χ0) is 8.15. The van der Waals surface area contributed by atoms with E-state index >= 15 is 0 Å². The third-order valence-corrected chi connectivity index (χ3v) is 0.986. The molecule has 0 unspecified atom stereocenters. The maximum absolute atomic E-state index is 9.99. The van der Waals surface area contributed by atoms with Crippen LogP contribution in [-0.4, -0.2) is 28.2 Å². The zero-order valence-electron chi connectivity index (χ0n) is 5.78. The smallest absolute Gasteiger partial charge is 0.320 e. The number of carbonyl (C=O) groups is 2. The first-order chi connectivity index (χ1) is 4.54. The Labute approximate surface area is 82.7 Å². The molecule has 62 valence electrons. The number of aliphatic carboxylic acids is 2. The summed E-state index contributed by atoms with van der Waals surface area (Å²) in [7, 11) is 0. The predicted molar refractivity (Wildman–Crippen MR) is 32.5 cm³/mol. The van der Waals surface area contributed by atoms with E-state index in [0.717, 1.165) is 0 Å². The van der Waals surface area contributed by atoms with Crippen LogP contribution >= 0.6 is 0 Å². The molecule has 11 heavy (non-hydrogen) atoms. The molecule has 0 aliphatic heterocycles. The van der Waals surface area contributed by atoms with Crippen molar-refractivity contribution in [2.75, 3.05) is 0 Å². The van der Waals surface area contributed by atoms with Crippen LogP contribution < -0.4 is 5.73 Å². The van der Waals surface area contributed by atoms with Gasteiger partial charge < -0.3 is 15.9 Å². The maximum Gasteiger partial charge on any atom is 0.320 e. The number of rotatable bonds is 4. The number of carboxylic acid groups (broad SMARTS) is 2. The second-order valence-electron chi connectivity index (χ2n) is 1.88. The average molecular weight is 238 g/mol. The van der Waals surface area contributed by atoms with Gasteiger partial charge >= 0.3 is 11.9 Å². The molecule has 0 aliphatic carbocycles. The number of nitrogens with two attached hydrogens (primary N) is 1. The summed E-state index contributed by atoms with van der Waals surface area (Å²) >= 11 is 0. The summed E-state index contributed by atoms with van der Waals surface area (Å²) in [6, 6.07) is -1.06. The molecule has 0 aliphatic rings. The van der Waals surface area contributed by atoms with Crippen molar-refractivity contribution in [1.29, 1.82) is 0 Å². The summed E-state index contributed by atoms with van der Waals surface area (Å²) in [6.45, 7) is 0. The molecule has 0 aromatic rings. The third-order valence-electron chi connectivity index (χ3n) is 0.986. The van der Waals surface area contributed by atoms with Gasteiger partial charge in [-0.25, -0.2) is 0 Å². The summed E-state index contributed by atoms with van der Waals surface area (Å²) in [5, 5.41) is 16.3. The minimum Gasteiger partial charge on any atom is -0.481 e. The van der Waals surface area contributed by atoms with Gasteiger partial charge in [0.25, 0.3) is 0 Å². The fraction of sp³-hybridized carbons (Fsp3) is 0.600. The van der Waals surface area contributed by atoms with Crippen LogP contribution in [0.2, 0.25) is 0 Å². The number of hydrogen-bond donors (Lipinski definition) is 3. The van der Waals surface area contributed by atoms with Gasteiger partial charge in [0.1, 0.15) is 6.04 Å². The average Bonchev–Trinajstić information content (AvgIpc) is 1.82. The fourth-order valence-electron chi connectivity index (χ4n) is 0.402. The van der Waals surface area contributed by atoms with Crippen LogP contribution in [0.5, 0.6) is 0 Å². The van der Waals surface area contributed by atoms with Gasteiger partial charge in [-0.05, 0) is 6.42 Å². The Balaban J connectivity index is 0. The van der Waals surface area contributed by atoms with E-state index in [0.29, 0.717) is 0 Å². The fourth-order valence-corrected chi connectivity index (χ4v) is 0.402. The molecule has 0 fully saturated rings. The largest absolute Gasteiger partial charge is 0.481 e. The van der Waals surface area contributed by atoms with E-state index in [1.807, 2.05) is 0 Å². The molecular weight excluding hydrogens is 229 g/mol. The molecule has 0 bridgehead atoms. The Morgan fingerprint density at radius 3 is 2.09 bits per heavy atom. The maximum atomic E-state index is 9.99. The molecular formula is C5H9NO4Zr. The van der Waals surface area contributed by atoms with E-state index in [2.05, 4.69) is 0 Å². The Kier molecular flexibility index (Phi) is 7.89. The van der Waals surface area contributed by atoms with E-state index < -0.39 is 18.0 Å². The Morgan fingerprint density at radius 2 is 1.82 bits per heavy atom. The first-order valence-electron chi connectivity index (χ1n) is 2.74. The van der Waals surface area contributed by atoms with Crippen LogP contribution in [0, 0.1) is 0 Å². The van der Waals surface area contributed by atoms with Crippen molar-refractivity contribution in [1.82, 2.24) is 0 Å². The van der Waals surface area contributed by atoms with E-state index in [1.54, 1.807) is 0 Å². The second kappa shape index (κ2) is 6.49. The molecule has 0 amide bonds. The topological polar surface area (TPSA) is 101 Å². The summed E-state index contributed by atoms with van der Waals surface area (Å²) < 4.78 is 0. The van der Waals surface area contributed by atoms with E-state index in [4.69, 9.17) is 15.9 Å². The quantitative estimate of drug-likeness (QED) is 0.599. The monoisotopic (exact) mass is 237 g/mol. The van der Waals surface area contributed by atoms with Crippen LogP contribution in [0.3, 0.4) is 0 Å². The molecule has 0 spiro atoms. The molecule has 6 heteroatoms. The number of carboxylic acids is 2. The van der Waals surface area contributed by atoms with Crippen molar-refractivity contribution in [3.05, 3.63) is 0 Å². The van der Waals surface area contributed by atoms with Gasteiger partial charge in [-0.15, -0.1) is 0 Å². The molecule has 5 nitrogen and oxygen atoms in total. The molecule has 0 aromatic heterocycles. The standard InChI is InChI=1S/C5H9NO4.Zr/c6-3(5(9)10)1-2-4(7)8;/h3H,1-2,6H2,(H,7,8)(H,9,10);/t3-;/m0./s1. The van der Waals surface area contributed by atoms with Crippen molar-refractivity contribution in [2.45, 2.75) is 18.9 Å². The van der Waals surface area contributed by atoms with Gasteiger partial charge in [0, 0.05) is 32.6 Å². The van der Waals surface area contributed by atoms with Crippen LogP contribution in [0.1, 0.15) is 12.8 Å². The van der Waals surface area contributed by atoms with Gasteiger partial charge in [0.15, 0.2) is 0 Å². The number of hydrogen-bond acceptors (Lipinski definition) is 3. The predicted octanol–water partition coefficient (Wildman–Crippen LogP) is -0.739. The Hall–Kier alpha value is -0.217. The SMILES string of the molecule is N[C@@H](CCC(=O)O)C(=O)O.[Zr]. The second-order valence-corrected chi connectivity index (χ2v) is 1.88. The van der Waals surface area contributed by atoms with Gasteiger partial charge in [0.2, 0.25) is 0 Å². The molecule has 0 rings (SSSR count). The van der Waals surface area contributed by atoms with E-state index in [9.17, 15) is 9.59 Å². The molecule has 1 atom stereocenters. The van der Waals surface area contributed by atoms with Crippen LogP contribution in [0.4, 0.5) is 0 Å². The first kappa shape index (κ1) is 13.4. The van der Waals surface area contributed by atoms with Crippen molar-refractivity contribution >= 4 is 11.9 Å². The molecule has 0 radical (unpaired) electrons. The van der Waals surface area contributed by atoms with E-state index in [1.165, 1.54) is 0 Å². The van der Waals surface area contributed by atoms with Gasteiger partial charge in [-0.1, -0.05) is 0 Å². The Morgan fingerprint density at radius 1 is 1.36 bits per heavy atom. The summed E-state index contributed by atoms with van der Waals surface area (Å²) in [5.74, 6) is -2.20. The van der Waals surface area contributed by atoms with E-state index in [-0.39, 0.29) is 39.0 Å². The van der Waals surface area contributed by atoms with Crippen molar-refractivity contribution in [2.24, 2.45) is 5.73 Å². The Bertz CT molecular complexity index is 149. The van der Waals surface area contributed by atoms with Crippen LogP contribution in [0.25, 0.3) is 0 Å². The van der Waals surface area contributed by atoms with Crippen molar-refractivity contribution in [3.8, 4) is 0 Å². The van der Waals surface area contributed by atoms with Crippen LogP contribution in [0.15, 0.2) is 0 Å².